The van der Waals surface area contributed by atoms with Crippen molar-refractivity contribution >= 4 is 28.8 Å². The van der Waals surface area contributed by atoms with Crippen molar-refractivity contribution in [3.63, 3.8) is 0 Å². The Morgan fingerprint density at radius 3 is 2.70 bits per heavy atom. The molecule has 8 nitrogen and oxygen atoms in total. The van der Waals surface area contributed by atoms with Gasteiger partial charge in [-0.05, 0) is 29.3 Å². The van der Waals surface area contributed by atoms with Crippen LogP contribution in [0.1, 0.15) is 5.56 Å². The van der Waals surface area contributed by atoms with Crippen molar-refractivity contribution in [2.75, 3.05) is 25.5 Å². The molecule has 8 heteroatoms. The molecule has 0 aromatic heterocycles. The number of benzene rings is 2. The molecule has 0 saturated heterocycles. The quantitative estimate of drug-likeness (QED) is 0.508. The summed E-state index contributed by atoms with van der Waals surface area (Å²) in [6.07, 6.45) is 1.88. The summed E-state index contributed by atoms with van der Waals surface area (Å²) in [4.78, 5) is 36.2. The maximum Gasteiger partial charge on any atom is 0.313 e. The fourth-order valence-corrected chi connectivity index (χ4v) is 2.77. The van der Waals surface area contributed by atoms with E-state index in [-0.39, 0.29) is 11.4 Å². The lowest BCUT2D eigenvalue weighted by atomic mass is 10.1. The van der Waals surface area contributed by atoms with Crippen LogP contribution in [0.5, 0.6) is 5.75 Å². The van der Waals surface area contributed by atoms with Crippen LogP contribution in [0.2, 0.25) is 0 Å². The van der Waals surface area contributed by atoms with Crippen LogP contribution in [0.3, 0.4) is 0 Å². The van der Waals surface area contributed by atoms with Gasteiger partial charge in [0.05, 0.1) is 12.0 Å². The number of hydrogen-bond acceptors (Lipinski definition) is 5. The van der Waals surface area contributed by atoms with Crippen molar-refractivity contribution < 1.29 is 19.2 Å². The van der Waals surface area contributed by atoms with Gasteiger partial charge >= 0.3 is 11.8 Å². The molecule has 0 unspecified atom stereocenters. The summed E-state index contributed by atoms with van der Waals surface area (Å²) in [5.74, 6) is -0.826. The Morgan fingerprint density at radius 1 is 1.19 bits per heavy atom. The molecule has 1 aliphatic heterocycles. The van der Waals surface area contributed by atoms with Crippen molar-refractivity contribution in [1.29, 1.82) is 0 Å². The SMILES string of the molecule is COc1cccc(C2=CCN(C(=O)C(=O)Nc3cccc([N+](=O)[O-])c3)C2)c1. The molecule has 0 bridgehead atoms. The normalized spacial score (nSPS) is 13.1. The van der Waals surface area contributed by atoms with Gasteiger partial charge in [-0.3, -0.25) is 19.7 Å². The Bertz CT molecular complexity index is 938. The number of amides is 2. The molecular weight excluding hydrogens is 350 g/mol. The average Bonchev–Trinajstić information content (AvgIpc) is 3.17. The topological polar surface area (TPSA) is 102 Å². The Hall–Kier alpha value is -3.68. The minimum atomic E-state index is -0.837. The molecule has 2 amide bonds. The highest BCUT2D eigenvalue weighted by molar-refractivity contribution is 6.39. The van der Waals surface area contributed by atoms with Crippen molar-refractivity contribution in [1.82, 2.24) is 4.90 Å². The first-order chi connectivity index (χ1) is 13.0. The zero-order chi connectivity index (χ0) is 19.4. The Balaban J connectivity index is 1.64. The first-order valence-electron chi connectivity index (χ1n) is 8.16. The number of hydrogen-bond donors (Lipinski definition) is 1. The van der Waals surface area contributed by atoms with Crippen LogP contribution in [0.15, 0.2) is 54.6 Å². The number of carbonyl (C=O) groups is 2. The van der Waals surface area contributed by atoms with Gasteiger partial charge in [-0.25, -0.2) is 0 Å². The standard InChI is InChI=1S/C19H17N3O5/c1-27-17-7-2-4-13(10-17)14-8-9-21(12-14)19(24)18(23)20-15-5-3-6-16(11-15)22(25)26/h2-8,10-11H,9,12H2,1H3,(H,20,23). The van der Waals surface area contributed by atoms with Crippen LogP contribution in [0.4, 0.5) is 11.4 Å². The number of nitro groups is 1. The molecule has 0 aliphatic carbocycles. The minimum absolute atomic E-state index is 0.164. The van der Waals surface area contributed by atoms with Crippen LogP contribution in [0.25, 0.3) is 5.57 Å². The molecule has 2 aromatic rings. The number of methoxy groups -OCH3 is 1. The first kappa shape index (κ1) is 18.1. The molecule has 0 saturated carbocycles. The fourth-order valence-electron chi connectivity index (χ4n) is 2.77. The number of rotatable bonds is 4. The number of carbonyl (C=O) groups excluding carboxylic acids is 2. The highest BCUT2D eigenvalue weighted by atomic mass is 16.6. The Kier molecular flexibility index (Phi) is 5.16. The van der Waals surface area contributed by atoms with E-state index < -0.39 is 16.7 Å². The lowest BCUT2D eigenvalue weighted by molar-refractivity contribution is -0.384. The third-order valence-corrected chi connectivity index (χ3v) is 4.16. The van der Waals surface area contributed by atoms with Crippen molar-refractivity contribution in [3.8, 4) is 5.75 Å². The van der Waals surface area contributed by atoms with E-state index in [1.807, 2.05) is 30.3 Å². The van der Waals surface area contributed by atoms with Crippen LogP contribution in [-0.4, -0.2) is 41.8 Å². The molecule has 2 aromatic carbocycles. The molecule has 0 fully saturated rings. The van der Waals surface area contributed by atoms with Gasteiger partial charge in [0.2, 0.25) is 0 Å². The summed E-state index contributed by atoms with van der Waals surface area (Å²) in [5.41, 5.74) is 1.88. The van der Waals surface area contributed by atoms with Gasteiger partial charge in [0.15, 0.2) is 0 Å². The van der Waals surface area contributed by atoms with Gasteiger partial charge in [-0.2, -0.15) is 0 Å². The summed E-state index contributed by atoms with van der Waals surface area (Å²) >= 11 is 0. The number of ether oxygens (including phenoxy) is 1. The van der Waals surface area contributed by atoms with Crippen molar-refractivity contribution in [3.05, 3.63) is 70.3 Å². The maximum absolute atomic E-state index is 12.4. The summed E-state index contributed by atoms with van der Waals surface area (Å²) in [5, 5.41) is 13.2. The largest absolute Gasteiger partial charge is 0.497 e. The lowest BCUT2D eigenvalue weighted by Gasteiger charge is -2.16. The zero-order valence-corrected chi connectivity index (χ0v) is 14.5. The van der Waals surface area contributed by atoms with Crippen LogP contribution in [0, 0.1) is 10.1 Å². The van der Waals surface area contributed by atoms with Gasteiger partial charge in [-0.1, -0.05) is 24.3 Å². The molecule has 27 heavy (non-hydrogen) atoms. The lowest BCUT2D eigenvalue weighted by Crippen LogP contribution is -2.38. The Labute approximate surface area is 155 Å². The Morgan fingerprint density at radius 2 is 1.96 bits per heavy atom. The number of nitro benzene ring substituents is 1. The number of nitrogens with one attached hydrogen (secondary N) is 1. The van der Waals surface area contributed by atoms with E-state index in [0.29, 0.717) is 18.8 Å². The highest BCUT2D eigenvalue weighted by Gasteiger charge is 2.26. The van der Waals surface area contributed by atoms with Gasteiger partial charge in [0.1, 0.15) is 5.75 Å². The molecule has 3 rings (SSSR count). The molecule has 0 spiro atoms. The summed E-state index contributed by atoms with van der Waals surface area (Å²) in [6, 6.07) is 12.9. The predicted molar refractivity (Wildman–Crippen MR) is 99.3 cm³/mol. The fraction of sp³-hybridized carbons (Fsp3) is 0.158. The summed E-state index contributed by atoms with van der Waals surface area (Å²) < 4.78 is 5.20. The third kappa shape index (κ3) is 4.12. The van der Waals surface area contributed by atoms with E-state index in [9.17, 15) is 19.7 Å². The van der Waals surface area contributed by atoms with Gasteiger partial charge in [0.25, 0.3) is 5.69 Å². The minimum Gasteiger partial charge on any atom is -0.497 e. The third-order valence-electron chi connectivity index (χ3n) is 4.16. The predicted octanol–water partition coefficient (Wildman–Crippen LogP) is 2.47. The van der Waals surface area contributed by atoms with Gasteiger partial charge in [-0.15, -0.1) is 0 Å². The molecule has 0 radical (unpaired) electrons. The van der Waals surface area contributed by atoms with Crippen LogP contribution < -0.4 is 10.1 Å². The van der Waals surface area contributed by atoms with E-state index in [0.717, 1.165) is 11.1 Å². The number of non-ortho nitro benzene ring substituents is 1. The second kappa shape index (κ2) is 7.69. The van der Waals surface area contributed by atoms with E-state index in [2.05, 4.69) is 5.32 Å². The van der Waals surface area contributed by atoms with E-state index in [1.54, 1.807) is 7.11 Å². The first-order valence-corrected chi connectivity index (χ1v) is 8.16. The zero-order valence-electron chi connectivity index (χ0n) is 14.5. The average molecular weight is 367 g/mol. The summed E-state index contributed by atoms with van der Waals surface area (Å²) in [6.45, 7) is 0.613. The monoisotopic (exact) mass is 367 g/mol. The maximum atomic E-state index is 12.4. The van der Waals surface area contributed by atoms with Crippen molar-refractivity contribution in [2.45, 2.75) is 0 Å². The molecule has 1 N–H and O–H groups in total. The van der Waals surface area contributed by atoms with E-state index in [4.69, 9.17) is 4.74 Å². The van der Waals surface area contributed by atoms with E-state index >= 15 is 0 Å². The van der Waals surface area contributed by atoms with Crippen LogP contribution >= 0.6 is 0 Å². The summed E-state index contributed by atoms with van der Waals surface area (Å²) in [7, 11) is 1.58. The molecular formula is C19H17N3O5. The van der Waals surface area contributed by atoms with Crippen LogP contribution in [-0.2, 0) is 9.59 Å². The second-order valence-corrected chi connectivity index (χ2v) is 5.91. The highest BCUT2D eigenvalue weighted by Crippen LogP contribution is 2.24. The molecule has 138 valence electrons. The number of nitrogens with zero attached hydrogens (tertiary/aromatic N) is 2. The molecule has 1 heterocycles. The van der Waals surface area contributed by atoms with Gasteiger partial charge < -0.3 is 15.0 Å². The van der Waals surface area contributed by atoms with Crippen molar-refractivity contribution in [2.24, 2.45) is 0 Å². The second-order valence-electron chi connectivity index (χ2n) is 5.91. The van der Waals surface area contributed by atoms with Gasteiger partial charge in [0, 0.05) is 30.9 Å². The molecule has 0 atom stereocenters. The smallest absolute Gasteiger partial charge is 0.313 e. The molecule has 1 aliphatic rings. The number of anilines is 1. The van der Waals surface area contributed by atoms with E-state index in [1.165, 1.54) is 29.2 Å².